The molecule has 0 unspecified atom stereocenters. The van der Waals surface area contributed by atoms with Crippen molar-refractivity contribution in [3.05, 3.63) is 29.8 Å². The monoisotopic (exact) mass is 381 g/mol. The maximum atomic E-state index is 12.0. The number of ether oxygens (including phenoxy) is 3. The molecule has 1 heterocycles. The quantitative estimate of drug-likeness (QED) is 0.500. The van der Waals surface area contributed by atoms with Crippen molar-refractivity contribution in [1.29, 1.82) is 0 Å². The predicted octanol–water partition coefficient (Wildman–Crippen LogP) is 0.243. The van der Waals surface area contributed by atoms with Gasteiger partial charge in [0.05, 0.1) is 26.4 Å². The Kier molecular flexibility index (Phi) is 8.80. The molecule has 3 N–H and O–H groups in total. The zero-order valence-corrected chi connectivity index (χ0v) is 16.3. The summed E-state index contributed by atoms with van der Waals surface area (Å²) in [5, 5.41) is 16.0. The van der Waals surface area contributed by atoms with Crippen LogP contribution >= 0.6 is 0 Å². The molecule has 1 aromatic rings. The molecule has 8 nitrogen and oxygen atoms in total. The number of benzene rings is 1. The van der Waals surface area contributed by atoms with E-state index in [1.54, 1.807) is 7.11 Å². The first-order valence-corrected chi connectivity index (χ1v) is 9.21. The minimum atomic E-state index is -0.727. The lowest BCUT2D eigenvalue weighted by Gasteiger charge is -2.22. The second-order valence-corrected chi connectivity index (χ2v) is 6.85. The number of carbonyl (C=O) groups is 1. The average molecular weight is 381 g/mol. The molecule has 1 aromatic carbocycles. The van der Waals surface area contributed by atoms with Gasteiger partial charge in [0.2, 0.25) is 0 Å². The maximum Gasteiger partial charge on any atom is 0.407 e. The van der Waals surface area contributed by atoms with Gasteiger partial charge in [0.25, 0.3) is 0 Å². The Labute approximate surface area is 160 Å². The molecule has 1 aliphatic heterocycles. The van der Waals surface area contributed by atoms with Gasteiger partial charge in [0.1, 0.15) is 18.0 Å². The van der Waals surface area contributed by atoms with Crippen molar-refractivity contribution in [2.75, 3.05) is 54.1 Å². The van der Waals surface area contributed by atoms with Gasteiger partial charge in [-0.25, -0.2) is 4.79 Å². The molecule has 1 amide bonds. The third kappa shape index (κ3) is 7.34. The second-order valence-electron chi connectivity index (χ2n) is 6.85. The van der Waals surface area contributed by atoms with Crippen molar-refractivity contribution in [2.24, 2.45) is 0 Å². The van der Waals surface area contributed by atoms with Crippen LogP contribution in [0.15, 0.2) is 24.3 Å². The lowest BCUT2D eigenvalue weighted by molar-refractivity contribution is 0.0178. The van der Waals surface area contributed by atoms with Crippen LogP contribution in [0, 0.1) is 0 Å². The number of aliphatic hydroxyl groups is 1. The Hall–Kier alpha value is -1.87. The molecule has 1 fully saturated rings. The Balaban J connectivity index is 1.74. The second kappa shape index (κ2) is 11.1. The van der Waals surface area contributed by atoms with Gasteiger partial charge in [-0.2, -0.15) is 0 Å². The van der Waals surface area contributed by atoms with Crippen LogP contribution in [0.1, 0.15) is 5.56 Å². The number of carbonyl (C=O) groups excluding carboxylic acids is 1. The van der Waals surface area contributed by atoms with Gasteiger partial charge >= 0.3 is 6.09 Å². The lowest BCUT2D eigenvalue weighted by Crippen LogP contribution is -2.42. The molecule has 27 heavy (non-hydrogen) atoms. The minimum Gasteiger partial charge on any atom is -0.497 e. The average Bonchev–Trinajstić information content (AvgIpc) is 2.98. The number of rotatable bonds is 10. The van der Waals surface area contributed by atoms with E-state index >= 15 is 0 Å². The Morgan fingerprint density at radius 3 is 2.70 bits per heavy atom. The van der Waals surface area contributed by atoms with E-state index in [4.69, 9.17) is 14.2 Å². The standard InChI is InChI=1S/C19H31N3O5/c1-22(2)9-11-26-10-8-20-19(24)27-18-16(21-13-17(18)23)12-14-4-6-15(25-3)7-5-14/h4-7,16-18,21,23H,8-13H2,1-3H3,(H,20,24)/t16-,17+,18+/m1/s1. The fourth-order valence-electron chi connectivity index (χ4n) is 2.88. The van der Waals surface area contributed by atoms with Crippen LogP contribution in [0.25, 0.3) is 0 Å². The first kappa shape index (κ1) is 21.4. The van der Waals surface area contributed by atoms with Crippen LogP contribution in [-0.2, 0) is 15.9 Å². The molecule has 0 radical (unpaired) electrons. The van der Waals surface area contributed by atoms with Gasteiger partial charge in [-0.05, 0) is 38.2 Å². The van der Waals surface area contributed by atoms with E-state index in [0.717, 1.165) is 17.9 Å². The summed E-state index contributed by atoms with van der Waals surface area (Å²) in [6, 6.07) is 7.57. The summed E-state index contributed by atoms with van der Waals surface area (Å²) in [4.78, 5) is 14.0. The number of alkyl carbamates (subject to hydrolysis) is 1. The fraction of sp³-hybridized carbons (Fsp3) is 0.632. The number of likely N-dealkylation sites (N-methyl/N-ethyl adjacent to an activating group) is 1. The molecule has 1 saturated heterocycles. The highest BCUT2D eigenvalue weighted by molar-refractivity contribution is 5.67. The number of amides is 1. The third-order valence-corrected chi connectivity index (χ3v) is 4.42. The van der Waals surface area contributed by atoms with E-state index in [0.29, 0.717) is 32.7 Å². The molecular formula is C19H31N3O5. The fourth-order valence-corrected chi connectivity index (χ4v) is 2.88. The number of aliphatic hydroxyl groups excluding tert-OH is 1. The zero-order valence-electron chi connectivity index (χ0n) is 16.3. The molecule has 2 rings (SSSR count). The number of nitrogens with zero attached hydrogens (tertiary/aromatic N) is 1. The first-order valence-electron chi connectivity index (χ1n) is 9.21. The third-order valence-electron chi connectivity index (χ3n) is 4.42. The van der Waals surface area contributed by atoms with Gasteiger partial charge < -0.3 is 34.9 Å². The molecular weight excluding hydrogens is 350 g/mol. The molecule has 0 spiro atoms. The number of hydrogen-bond donors (Lipinski definition) is 3. The molecule has 0 bridgehead atoms. The number of hydrogen-bond acceptors (Lipinski definition) is 7. The number of methoxy groups -OCH3 is 1. The van der Waals surface area contributed by atoms with Crippen molar-refractivity contribution in [2.45, 2.75) is 24.7 Å². The summed E-state index contributed by atoms with van der Waals surface area (Å²) < 4.78 is 16.0. The van der Waals surface area contributed by atoms with Gasteiger partial charge in [-0.15, -0.1) is 0 Å². The molecule has 3 atom stereocenters. The van der Waals surface area contributed by atoms with E-state index in [9.17, 15) is 9.90 Å². The molecule has 8 heteroatoms. The molecule has 152 valence electrons. The van der Waals surface area contributed by atoms with Crippen molar-refractivity contribution >= 4 is 6.09 Å². The van der Waals surface area contributed by atoms with E-state index in [-0.39, 0.29) is 6.04 Å². The Bertz CT molecular complexity index is 567. The smallest absolute Gasteiger partial charge is 0.407 e. The van der Waals surface area contributed by atoms with Gasteiger partial charge in [0, 0.05) is 19.6 Å². The highest BCUT2D eigenvalue weighted by Gasteiger charge is 2.37. The van der Waals surface area contributed by atoms with Gasteiger partial charge in [-0.3, -0.25) is 0 Å². The highest BCUT2D eigenvalue weighted by atomic mass is 16.6. The molecule has 0 aliphatic carbocycles. The van der Waals surface area contributed by atoms with E-state index in [1.807, 2.05) is 43.3 Å². The van der Waals surface area contributed by atoms with Crippen LogP contribution in [0.5, 0.6) is 5.75 Å². The maximum absolute atomic E-state index is 12.0. The Morgan fingerprint density at radius 2 is 2.04 bits per heavy atom. The van der Waals surface area contributed by atoms with Crippen molar-refractivity contribution in [1.82, 2.24) is 15.5 Å². The predicted molar refractivity (Wildman–Crippen MR) is 102 cm³/mol. The Morgan fingerprint density at radius 1 is 1.30 bits per heavy atom. The van der Waals surface area contributed by atoms with E-state index in [2.05, 4.69) is 10.6 Å². The minimum absolute atomic E-state index is 0.143. The normalized spacial score (nSPS) is 22.0. The highest BCUT2D eigenvalue weighted by Crippen LogP contribution is 2.19. The molecule has 1 aliphatic rings. The van der Waals surface area contributed by atoms with E-state index in [1.165, 1.54) is 0 Å². The van der Waals surface area contributed by atoms with Crippen LogP contribution in [0.4, 0.5) is 4.79 Å². The summed E-state index contributed by atoms with van der Waals surface area (Å²) in [5.41, 5.74) is 1.07. The van der Waals surface area contributed by atoms with Crippen molar-refractivity contribution in [3.8, 4) is 5.75 Å². The van der Waals surface area contributed by atoms with Crippen LogP contribution in [0.2, 0.25) is 0 Å². The summed E-state index contributed by atoms with van der Waals surface area (Å²) >= 11 is 0. The number of β-amino-alcohol motifs (C(OH)–C–C–N with tert-alkyl or cyclic N) is 1. The summed E-state index contributed by atoms with van der Waals surface area (Å²) in [7, 11) is 5.57. The summed E-state index contributed by atoms with van der Waals surface area (Å²) in [6.45, 7) is 2.62. The van der Waals surface area contributed by atoms with Crippen LogP contribution in [-0.4, -0.2) is 88.4 Å². The summed E-state index contributed by atoms with van der Waals surface area (Å²) in [6.07, 6.45) is -1.22. The van der Waals surface area contributed by atoms with Crippen LogP contribution < -0.4 is 15.4 Å². The molecule has 0 saturated carbocycles. The van der Waals surface area contributed by atoms with Crippen molar-refractivity contribution in [3.63, 3.8) is 0 Å². The molecule has 0 aromatic heterocycles. The SMILES string of the molecule is COc1ccc(C[C@H]2NC[C@H](O)[C@H]2OC(=O)NCCOCCN(C)C)cc1. The van der Waals surface area contributed by atoms with Crippen LogP contribution in [0.3, 0.4) is 0 Å². The van der Waals surface area contributed by atoms with Crippen molar-refractivity contribution < 1.29 is 24.1 Å². The van der Waals surface area contributed by atoms with E-state index < -0.39 is 18.3 Å². The lowest BCUT2D eigenvalue weighted by atomic mass is 10.0. The zero-order chi connectivity index (χ0) is 19.6. The largest absolute Gasteiger partial charge is 0.497 e. The number of nitrogens with one attached hydrogen (secondary N) is 2. The van der Waals surface area contributed by atoms with Gasteiger partial charge in [-0.1, -0.05) is 12.1 Å². The topological polar surface area (TPSA) is 92.3 Å². The first-order chi connectivity index (χ1) is 13.0. The summed E-state index contributed by atoms with van der Waals surface area (Å²) in [5.74, 6) is 0.790. The van der Waals surface area contributed by atoms with Gasteiger partial charge in [0.15, 0.2) is 0 Å².